The van der Waals surface area contributed by atoms with Crippen molar-refractivity contribution in [2.45, 2.75) is 6.54 Å². The molecule has 0 saturated carbocycles. The van der Waals surface area contributed by atoms with Crippen molar-refractivity contribution in [2.24, 2.45) is 0 Å². The molecule has 1 N–H and O–H groups in total. The molecule has 3 amide bonds. The van der Waals surface area contributed by atoms with Gasteiger partial charge in [-0.3, -0.25) is 24.1 Å². The van der Waals surface area contributed by atoms with Crippen LogP contribution in [0.2, 0.25) is 0 Å². The lowest BCUT2D eigenvalue weighted by Gasteiger charge is -2.21. The second kappa shape index (κ2) is 8.61. The molecule has 1 aromatic heterocycles. The number of likely N-dealkylation sites (N-methyl/N-ethyl adjacent to an activating group) is 1. The summed E-state index contributed by atoms with van der Waals surface area (Å²) < 4.78 is 0. The van der Waals surface area contributed by atoms with Gasteiger partial charge in [0.15, 0.2) is 0 Å². The zero-order valence-corrected chi connectivity index (χ0v) is 17.5. The van der Waals surface area contributed by atoms with Crippen LogP contribution in [0.1, 0.15) is 11.1 Å². The number of hydrogen-bond acceptors (Lipinski definition) is 5. The number of carbonyl (C=O) groups is 3. The normalized spacial score (nSPS) is 15.1. The number of nitrogens with zero attached hydrogens (tertiary/aromatic N) is 2. The number of carbonyl (C=O) groups excluding carboxylic acids is 3. The second-order valence-electron chi connectivity index (χ2n) is 7.13. The molecule has 1 saturated heterocycles. The summed E-state index contributed by atoms with van der Waals surface area (Å²) in [7, 11) is 1.58. The van der Waals surface area contributed by atoms with Gasteiger partial charge in [-0.25, -0.2) is 0 Å². The van der Waals surface area contributed by atoms with E-state index in [1.165, 1.54) is 11.0 Å². The van der Waals surface area contributed by atoms with Crippen LogP contribution in [-0.4, -0.2) is 45.4 Å². The quantitative estimate of drug-likeness (QED) is 0.624. The molecule has 2 aromatic carbocycles. The number of nitrogens with one attached hydrogen (secondary N) is 1. The van der Waals surface area contributed by atoms with Crippen molar-refractivity contribution in [2.75, 3.05) is 13.6 Å². The highest BCUT2D eigenvalue weighted by atomic mass is 32.2. The van der Waals surface area contributed by atoms with Crippen LogP contribution in [0.3, 0.4) is 0 Å². The van der Waals surface area contributed by atoms with Crippen LogP contribution in [-0.2, 0) is 16.1 Å². The van der Waals surface area contributed by atoms with Gasteiger partial charge >= 0.3 is 0 Å². The van der Waals surface area contributed by atoms with Gasteiger partial charge in [0, 0.05) is 30.6 Å². The Kier molecular flexibility index (Phi) is 5.73. The van der Waals surface area contributed by atoms with E-state index in [4.69, 9.17) is 0 Å². The third kappa shape index (κ3) is 4.44. The molecule has 31 heavy (non-hydrogen) atoms. The number of hydrogen-bond donors (Lipinski definition) is 1. The third-order valence-corrected chi connectivity index (χ3v) is 5.84. The predicted molar refractivity (Wildman–Crippen MR) is 120 cm³/mol. The number of imide groups is 1. The lowest BCUT2D eigenvalue weighted by molar-refractivity contribution is -0.135. The number of aromatic nitrogens is 1. The maximum atomic E-state index is 12.7. The molecule has 1 aliphatic heterocycles. The molecule has 8 heteroatoms. The van der Waals surface area contributed by atoms with Crippen molar-refractivity contribution < 1.29 is 14.4 Å². The van der Waals surface area contributed by atoms with Gasteiger partial charge in [-0.1, -0.05) is 48.5 Å². The van der Waals surface area contributed by atoms with Crippen LogP contribution < -0.4 is 5.56 Å². The topological polar surface area (TPSA) is 90.6 Å². The number of rotatable bonds is 5. The van der Waals surface area contributed by atoms with Gasteiger partial charge in [0.2, 0.25) is 11.5 Å². The minimum atomic E-state index is -0.484. The average molecular weight is 433 g/mol. The Balaban J connectivity index is 1.48. The molecule has 1 fully saturated rings. The summed E-state index contributed by atoms with van der Waals surface area (Å²) in [5.41, 5.74) is 1.92. The Morgan fingerprint density at radius 2 is 1.77 bits per heavy atom. The number of thioether (sulfide) groups is 1. The fourth-order valence-electron chi connectivity index (χ4n) is 3.34. The van der Waals surface area contributed by atoms with E-state index in [2.05, 4.69) is 4.98 Å². The molecule has 0 radical (unpaired) electrons. The van der Waals surface area contributed by atoms with Gasteiger partial charge in [-0.05, 0) is 35.0 Å². The molecule has 0 atom stereocenters. The number of H-pyrrole nitrogens is 1. The second-order valence-corrected chi connectivity index (χ2v) is 8.13. The number of para-hydroxylation sites is 1. The van der Waals surface area contributed by atoms with Crippen LogP contribution in [0.25, 0.3) is 17.0 Å². The number of amides is 3. The summed E-state index contributed by atoms with van der Waals surface area (Å²) in [4.78, 5) is 55.1. The number of pyridine rings is 1. The maximum absolute atomic E-state index is 12.7. The van der Waals surface area contributed by atoms with Crippen LogP contribution >= 0.6 is 11.8 Å². The van der Waals surface area contributed by atoms with Crippen molar-refractivity contribution in [1.29, 1.82) is 0 Å². The molecular formula is C23H19N3O4S. The predicted octanol–water partition coefficient (Wildman–Crippen LogP) is 3.22. The molecule has 3 aromatic rings. The van der Waals surface area contributed by atoms with Gasteiger partial charge in [0.1, 0.15) is 6.54 Å². The summed E-state index contributed by atoms with van der Waals surface area (Å²) >= 11 is 0.820. The van der Waals surface area contributed by atoms with Gasteiger partial charge < -0.3 is 9.88 Å². The van der Waals surface area contributed by atoms with Crippen molar-refractivity contribution in [3.05, 3.63) is 87.0 Å². The summed E-state index contributed by atoms with van der Waals surface area (Å²) in [5, 5.41) is 0.356. The molecule has 0 unspecified atom stereocenters. The Morgan fingerprint density at radius 3 is 2.55 bits per heavy atom. The van der Waals surface area contributed by atoms with Crippen molar-refractivity contribution in [3.8, 4) is 0 Å². The highest BCUT2D eigenvalue weighted by Crippen LogP contribution is 2.32. The van der Waals surface area contributed by atoms with Crippen LogP contribution in [0.4, 0.5) is 4.79 Å². The summed E-state index contributed by atoms with van der Waals surface area (Å²) in [5.74, 6) is -0.880. The number of fused-ring (bicyclic) bond motifs is 1. The van der Waals surface area contributed by atoms with Crippen molar-refractivity contribution in [1.82, 2.24) is 14.8 Å². The summed E-state index contributed by atoms with van der Waals surface area (Å²) in [6.07, 6.45) is 1.64. The maximum Gasteiger partial charge on any atom is 0.294 e. The number of aromatic amines is 1. The Morgan fingerprint density at radius 1 is 1.06 bits per heavy atom. The van der Waals surface area contributed by atoms with Crippen LogP contribution in [0, 0.1) is 0 Å². The Hall–Kier alpha value is -3.65. The smallest absolute Gasteiger partial charge is 0.294 e. The molecule has 0 spiro atoms. The van der Waals surface area contributed by atoms with E-state index in [1.54, 1.807) is 19.2 Å². The molecular weight excluding hydrogens is 414 g/mol. The molecule has 0 aliphatic carbocycles. The fourth-order valence-corrected chi connectivity index (χ4v) is 4.18. The van der Waals surface area contributed by atoms with E-state index in [0.29, 0.717) is 11.1 Å². The Labute approximate surface area is 182 Å². The first-order valence-corrected chi connectivity index (χ1v) is 10.4. The number of benzene rings is 2. The van der Waals surface area contributed by atoms with Crippen molar-refractivity contribution in [3.63, 3.8) is 0 Å². The zero-order chi connectivity index (χ0) is 22.0. The zero-order valence-electron chi connectivity index (χ0n) is 16.7. The first-order chi connectivity index (χ1) is 14.9. The fraction of sp³-hybridized carbons (Fsp3) is 0.130. The van der Waals surface area contributed by atoms with Crippen LogP contribution in [0.5, 0.6) is 0 Å². The Bertz CT molecular complexity index is 1270. The molecule has 7 nitrogen and oxygen atoms in total. The first kappa shape index (κ1) is 20.6. The SMILES string of the molecule is CN(Cc1cc(=O)[nH]c2ccccc12)C(=O)CN1C(=O)S/C(=C/c2ccccc2)C1=O. The molecule has 0 bridgehead atoms. The molecule has 156 valence electrons. The minimum Gasteiger partial charge on any atom is -0.340 e. The van der Waals surface area contributed by atoms with Gasteiger partial charge in [-0.2, -0.15) is 0 Å². The lowest BCUT2D eigenvalue weighted by Crippen LogP contribution is -2.40. The van der Waals surface area contributed by atoms with Gasteiger partial charge in [0.05, 0.1) is 4.91 Å². The minimum absolute atomic E-state index is 0.180. The van der Waals surface area contributed by atoms with Crippen molar-refractivity contribution >= 4 is 45.8 Å². The molecule has 1 aliphatic rings. The highest BCUT2D eigenvalue weighted by molar-refractivity contribution is 8.18. The molecule has 2 heterocycles. The molecule has 4 rings (SSSR count). The highest BCUT2D eigenvalue weighted by Gasteiger charge is 2.36. The largest absolute Gasteiger partial charge is 0.340 e. The van der Waals surface area contributed by atoms with Gasteiger partial charge in [0.25, 0.3) is 11.1 Å². The van der Waals surface area contributed by atoms with E-state index in [1.807, 2.05) is 48.5 Å². The third-order valence-electron chi connectivity index (χ3n) is 4.93. The van der Waals surface area contributed by atoms with E-state index < -0.39 is 17.1 Å². The van der Waals surface area contributed by atoms with E-state index in [9.17, 15) is 19.2 Å². The van der Waals surface area contributed by atoms with Gasteiger partial charge in [-0.15, -0.1) is 0 Å². The van der Waals surface area contributed by atoms with E-state index >= 15 is 0 Å². The summed E-state index contributed by atoms with van der Waals surface area (Å²) in [6, 6.07) is 18.0. The summed E-state index contributed by atoms with van der Waals surface area (Å²) in [6.45, 7) is -0.173. The standard InChI is InChI=1S/C23H19N3O4S/c1-25(13-16-12-20(27)24-18-10-6-5-9-17(16)18)21(28)14-26-22(29)19(31-23(26)30)11-15-7-3-2-4-8-15/h2-12H,13-14H2,1H3,(H,24,27)/b19-11+. The van der Waals surface area contributed by atoms with E-state index in [0.717, 1.165) is 27.6 Å². The lowest BCUT2D eigenvalue weighted by atomic mass is 10.1. The monoisotopic (exact) mass is 433 g/mol. The first-order valence-electron chi connectivity index (χ1n) is 9.58. The van der Waals surface area contributed by atoms with E-state index in [-0.39, 0.29) is 23.6 Å². The van der Waals surface area contributed by atoms with Crippen LogP contribution in [0.15, 0.2) is 70.4 Å². The average Bonchev–Trinajstić information content (AvgIpc) is 3.01.